The molecular weight excluding hydrogens is 220 g/mol. The number of hydrogen-bond acceptors (Lipinski definition) is 2. The van der Waals surface area contributed by atoms with Crippen LogP contribution in [0.5, 0.6) is 0 Å². The maximum atomic E-state index is 4.69. The van der Waals surface area contributed by atoms with Crippen LogP contribution in [-0.4, -0.2) is 16.9 Å². The molecule has 0 saturated carbocycles. The minimum atomic E-state index is 0.801. The first-order chi connectivity index (χ1) is 7.20. The zero-order chi connectivity index (χ0) is 12.1. The Morgan fingerprint density at radius 2 is 1.53 bits per heavy atom. The van der Waals surface area contributed by atoms with E-state index in [-0.39, 0.29) is 0 Å². The van der Waals surface area contributed by atoms with E-state index in [9.17, 15) is 0 Å². The van der Waals surface area contributed by atoms with Crippen LogP contribution < -0.4 is 0 Å². The monoisotopic (exact) mass is 242 g/mol. The highest BCUT2D eigenvalue weighted by Crippen LogP contribution is 2.00. The molecule has 0 amide bonds. The summed E-state index contributed by atoms with van der Waals surface area (Å²) in [5, 5.41) is 2.47. The third-order valence-electron chi connectivity index (χ3n) is 1.41. The highest BCUT2D eigenvalue weighted by atomic mass is 32.2. The molecule has 0 bridgehead atoms. The van der Waals surface area contributed by atoms with E-state index in [1.165, 1.54) is 0 Å². The normalized spacial score (nSPS) is 8.13. The second-order valence-electron chi connectivity index (χ2n) is 2.81. The molecule has 0 spiro atoms. The van der Waals surface area contributed by atoms with Crippen LogP contribution in [0, 0.1) is 0 Å². The molecular formula is C13H22S2. The Kier molecular flexibility index (Phi) is 15.5. The summed E-state index contributed by atoms with van der Waals surface area (Å²) >= 11 is 6.57. The summed E-state index contributed by atoms with van der Waals surface area (Å²) in [6, 6.07) is 9.87. The van der Waals surface area contributed by atoms with Crippen molar-refractivity contribution in [3.63, 3.8) is 0 Å². The van der Waals surface area contributed by atoms with E-state index in [4.69, 9.17) is 12.2 Å². The van der Waals surface area contributed by atoms with E-state index >= 15 is 0 Å². The highest BCUT2D eigenvalue weighted by Gasteiger charge is 1.80. The van der Waals surface area contributed by atoms with Gasteiger partial charge in [0.05, 0.1) is 0 Å². The molecule has 0 aromatic heterocycles. The molecule has 1 aromatic rings. The molecule has 0 unspecified atom stereocenters. The van der Waals surface area contributed by atoms with E-state index in [1.807, 2.05) is 55.9 Å². The molecule has 86 valence electrons. The molecule has 0 heterocycles. The number of rotatable bonds is 2. The van der Waals surface area contributed by atoms with Gasteiger partial charge in [-0.05, 0) is 17.1 Å². The van der Waals surface area contributed by atoms with Gasteiger partial charge < -0.3 is 0 Å². The molecule has 1 aromatic carbocycles. The van der Waals surface area contributed by atoms with Crippen molar-refractivity contribution in [2.24, 2.45) is 0 Å². The second-order valence-corrected chi connectivity index (χ2v) is 4.46. The van der Waals surface area contributed by atoms with Crippen molar-refractivity contribution >= 4 is 29.3 Å². The first-order valence-electron chi connectivity index (χ1n) is 5.23. The quantitative estimate of drug-likeness (QED) is 0.682. The van der Waals surface area contributed by atoms with Crippen LogP contribution in [0.3, 0.4) is 0 Å². The van der Waals surface area contributed by atoms with Crippen molar-refractivity contribution < 1.29 is 0 Å². The number of thioether (sulfide) groups is 1. The lowest BCUT2D eigenvalue weighted by atomic mass is 10.2. The highest BCUT2D eigenvalue weighted by molar-refractivity contribution is 7.99. The Hall–Kier alpha value is -0.340. The van der Waals surface area contributed by atoms with Crippen LogP contribution >= 0.6 is 24.0 Å². The van der Waals surface area contributed by atoms with Gasteiger partial charge in [0.2, 0.25) is 0 Å². The smallest absolute Gasteiger partial charge is 0.00861 e. The van der Waals surface area contributed by atoms with Crippen molar-refractivity contribution in [1.29, 1.82) is 0 Å². The minimum Gasteiger partial charge on any atom is -0.163 e. The average molecular weight is 242 g/mol. The van der Waals surface area contributed by atoms with Gasteiger partial charge in [0.1, 0.15) is 0 Å². The van der Waals surface area contributed by atoms with E-state index in [1.54, 1.807) is 5.37 Å². The first-order valence-corrected chi connectivity index (χ1v) is 6.99. The van der Waals surface area contributed by atoms with Crippen LogP contribution in [-0.2, 0) is 0 Å². The molecule has 15 heavy (non-hydrogen) atoms. The van der Waals surface area contributed by atoms with Crippen LogP contribution in [0.25, 0.3) is 0 Å². The van der Waals surface area contributed by atoms with Gasteiger partial charge in [0.15, 0.2) is 0 Å². The van der Waals surface area contributed by atoms with Gasteiger partial charge in [-0.25, -0.2) is 0 Å². The number of benzene rings is 1. The molecule has 0 radical (unpaired) electrons. The van der Waals surface area contributed by atoms with Crippen molar-refractivity contribution in [2.45, 2.75) is 32.9 Å². The topological polar surface area (TPSA) is 0 Å². The molecule has 0 nitrogen and oxygen atoms in total. The Labute approximate surface area is 104 Å². The van der Waals surface area contributed by atoms with Crippen LogP contribution in [0.15, 0.2) is 30.3 Å². The van der Waals surface area contributed by atoms with Gasteiger partial charge in [0, 0.05) is 5.37 Å². The summed E-state index contributed by atoms with van der Waals surface area (Å²) in [7, 11) is 0. The predicted molar refractivity (Wildman–Crippen MR) is 79.2 cm³/mol. The van der Waals surface area contributed by atoms with E-state index in [2.05, 4.69) is 20.1 Å². The van der Waals surface area contributed by atoms with Crippen molar-refractivity contribution in [3.8, 4) is 0 Å². The van der Waals surface area contributed by atoms with E-state index < -0.39 is 0 Å². The third-order valence-corrected chi connectivity index (χ3v) is 2.62. The summed E-state index contributed by atoms with van der Waals surface area (Å²) in [6.45, 7) is 8.37. The van der Waals surface area contributed by atoms with Gasteiger partial charge in [-0.3, -0.25) is 0 Å². The van der Waals surface area contributed by atoms with E-state index in [0.29, 0.717) is 0 Å². The van der Waals surface area contributed by atoms with Crippen molar-refractivity contribution in [1.82, 2.24) is 0 Å². The predicted octanol–water partition coefficient (Wildman–Crippen LogP) is 4.82. The van der Waals surface area contributed by atoms with Crippen LogP contribution in [0.1, 0.15) is 33.3 Å². The molecule has 0 aliphatic carbocycles. The van der Waals surface area contributed by atoms with Gasteiger partial charge in [-0.2, -0.15) is 11.8 Å². The summed E-state index contributed by atoms with van der Waals surface area (Å²) in [6.07, 6.45) is 2.12. The Bertz CT molecular complexity index is 217. The first kappa shape index (κ1) is 17.1. The zero-order valence-corrected chi connectivity index (χ0v) is 12.0. The lowest BCUT2D eigenvalue weighted by molar-refractivity contribution is 1.12. The molecule has 0 fully saturated rings. The standard InChI is InChI=1S/C7H6S.C4H10S.C2H6/c8-6-7-4-2-1-3-5-7;1-4(2)5-3;1-2/h1-6H;4H,1-3H3;1-2H3. The van der Waals surface area contributed by atoms with Crippen molar-refractivity contribution in [3.05, 3.63) is 35.9 Å². The van der Waals surface area contributed by atoms with Crippen LogP contribution in [0.2, 0.25) is 0 Å². The SMILES string of the molecule is CC.CSC(C)C.S=Cc1ccccc1. The lowest BCUT2D eigenvalue weighted by Gasteiger charge is -1.90. The maximum absolute atomic E-state index is 4.69. The fourth-order valence-electron chi connectivity index (χ4n) is 0.532. The largest absolute Gasteiger partial charge is 0.163 e. The minimum absolute atomic E-state index is 0.801. The Morgan fingerprint density at radius 3 is 1.73 bits per heavy atom. The third kappa shape index (κ3) is 13.7. The fourth-order valence-corrected chi connectivity index (χ4v) is 0.689. The average Bonchev–Trinajstić information content (AvgIpc) is 2.33. The summed E-state index contributed by atoms with van der Waals surface area (Å²) in [4.78, 5) is 0. The fraction of sp³-hybridized carbons (Fsp3) is 0.462. The van der Waals surface area contributed by atoms with Crippen LogP contribution in [0.4, 0.5) is 0 Å². The van der Waals surface area contributed by atoms with Gasteiger partial charge in [0.25, 0.3) is 0 Å². The van der Waals surface area contributed by atoms with Gasteiger partial charge in [-0.15, -0.1) is 0 Å². The molecule has 0 aliphatic heterocycles. The van der Waals surface area contributed by atoms with E-state index in [0.717, 1.165) is 10.8 Å². The van der Waals surface area contributed by atoms with Gasteiger partial charge >= 0.3 is 0 Å². The zero-order valence-electron chi connectivity index (χ0n) is 10.4. The molecule has 0 aliphatic rings. The maximum Gasteiger partial charge on any atom is 0.00861 e. The molecule has 1 rings (SSSR count). The Morgan fingerprint density at radius 1 is 1.13 bits per heavy atom. The summed E-state index contributed by atoms with van der Waals surface area (Å²) in [5.74, 6) is 0. The van der Waals surface area contributed by atoms with Crippen molar-refractivity contribution in [2.75, 3.05) is 6.26 Å². The number of thiocarbonyl (C=S) groups is 1. The summed E-state index contributed by atoms with van der Waals surface area (Å²) in [5.41, 5.74) is 1.10. The molecule has 0 saturated heterocycles. The number of hydrogen-bond donors (Lipinski definition) is 0. The lowest BCUT2D eigenvalue weighted by Crippen LogP contribution is -1.79. The molecule has 2 heteroatoms. The Balaban J connectivity index is 0. The van der Waals surface area contributed by atoms with Gasteiger partial charge in [-0.1, -0.05) is 70.2 Å². The molecule has 0 N–H and O–H groups in total. The second kappa shape index (κ2) is 13.7. The summed E-state index contributed by atoms with van der Waals surface area (Å²) < 4.78 is 0. The molecule has 0 atom stereocenters.